The Morgan fingerprint density at radius 2 is 1.89 bits per heavy atom. The van der Waals surface area contributed by atoms with Crippen LogP contribution in [-0.2, 0) is 0 Å². The van der Waals surface area contributed by atoms with Gasteiger partial charge in [-0.1, -0.05) is 29.3 Å². The number of hydrogen-bond acceptors (Lipinski definition) is 1. The summed E-state index contributed by atoms with van der Waals surface area (Å²) >= 11 is 8.29. The van der Waals surface area contributed by atoms with Gasteiger partial charge in [0.15, 0.2) is 0 Å². The third-order valence-electron chi connectivity index (χ3n) is 2.81. The molecule has 0 atom stereocenters. The number of halogens is 2. The van der Waals surface area contributed by atoms with Crippen molar-refractivity contribution in [3.63, 3.8) is 0 Å². The quantitative estimate of drug-likeness (QED) is 0.738. The van der Waals surface area contributed by atoms with Crippen molar-refractivity contribution in [3.05, 3.63) is 61.7 Å². The molecule has 0 saturated heterocycles. The van der Waals surface area contributed by atoms with Gasteiger partial charge in [-0.15, -0.1) is 0 Å². The van der Waals surface area contributed by atoms with Gasteiger partial charge >= 0.3 is 0 Å². The fourth-order valence-electron chi connectivity index (χ4n) is 1.85. The Morgan fingerprint density at radius 3 is 2.53 bits per heavy atom. The number of carbonyl (C=O) groups excluding carboxylic acids is 1. The van der Waals surface area contributed by atoms with Crippen molar-refractivity contribution in [2.45, 2.75) is 13.8 Å². The Hall–Kier alpha value is -1.07. The second kappa shape index (κ2) is 5.92. The van der Waals surface area contributed by atoms with Gasteiger partial charge in [-0.05, 0) is 66.3 Å². The Morgan fingerprint density at radius 1 is 1.16 bits per heavy atom. The molecule has 1 N–H and O–H groups in total. The van der Waals surface area contributed by atoms with Crippen molar-refractivity contribution in [2.24, 2.45) is 0 Å². The largest absolute Gasteiger partial charge is 0.321 e. The number of nitrogens with one attached hydrogen (secondary N) is 1. The lowest BCUT2D eigenvalue weighted by Crippen LogP contribution is -2.13. The van der Waals surface area contributed by atoms with Crippen LogP contribution in [0.5, 0.6) is 0 Å². The second-order valence-corrected chi connectivity index (χ2v) is 6.05. The highest BCUT2D eigenvalue weighted by Gasteiger charge is 2.11. The fraction of sp³-hybridized carbons (Fsp3) is 0.133. The Kier molecular flexibility index (Phi) is 4.47. The summed E-state index contributed by atoms with van der Waals surface area (Å²) in [5, 5.41) is 3.39. The molecule has 0 radical (unpaired) electrons. The number of benzene rings is 2. The normalized spacial score (nSPS) is 10.3. The minimum absolute atomic E-state index is 0.138. The van der Waals surface area contributed by atoms with Gasteiger partial charge in [0, 0.05) is 9.13 Å². The molecule has 1 amide bonds. The predicted molar refractivity (Wildman–Crippen MR) is 88.0 cm³/mol. The van der Waals surface area contributed by atoms with Gasteiger partial charge in [0.25, 0.3) is 5.91 Å². The third kappa shape index (κ3) is 3.48. The van der Waals surface area contributed by atoms with Crippen molar-refractivity contribution < 1.29 is 4.79 Å². The maximum absolute atomic E-state index is 12.2. The molecule has 0 aliphatic carbocycles. The molecule has 0 saturated carbocycles. The molecule has 19 heavy (non-hydrogen) atoms. The molecule has 0 bridgehead atoms. The van der Waals surface area contributed by atoms with E-state index < -0.39 is 0 Å². The van der Waals surface area contributed by atoms with E-state index in [1.807, 2.05) is 50.2 Å². The topological polar surface area (TPSA) is 29.1 Å². The highest BCUT2D eigenvalue weighted by atomic mass is 127. The van der Waals surface area contributed by atoms with Gasteiger partial charge in [-0.2, -0.15) is 0 Å². The van der Waals surface area contributed by atoms with E-state index in [2.05, 4.69) is 27.9 Å². The Balaban J connectivity index is 2.25. The molecule has 0 aliphatic heterocycles. The van der Waals surface area contributed by atoms with Gasteiger partial charge in [-0.25, -0.2) is 0 Å². The van der Waals surface area contributed by atoms with Crippen LogP contribution in [0.1, 0.15) is 21.5 Å². The summed E-state index contributed by atoms with van der Waals surface area (Å²) in [7, 11) is 0. The zero-order valence-corrected chi connectivity index (χ0v) is 13.5. The van der Waals surface area contributed by atoms with Crippen LogP contribution >= 0.6 is 34.2 Å². The van der Waals surface area contributed by atoms with E-state index in [4.69, 9.17) is 11.6 Å². The minimum atomic E-state index is -0.138. The molecule has 4 heteroatoms. The molecule has 0 heterocycles. The lowest BCUT2D eigenvalue weighted by Gasteiger charge is -2.10. The molecule has 2 aromatic rings. The molecule has 0 fully saturated rings. The lowest BCUT2D eigenvalue weighted by molar-refractivity contribution is 0.102. The molecule has 0 unspecified atom stereocenters. The molecule has 98 valence electrons. The number of amides is 1. The molecule has 2 rings (SSSR count). The monoisotopic (exact) mass is 385 g/mol. The number of anilines is 1. The van der Waals surface area contributed by atoms with Crippen molar-refractivity contribution in [1.82, 2.24) is 0 Å². The van der Waals surface area contributed by atoms with E-state index in [0.29, 0.717) is 16.3 Å². The lowest BCUT2D eigenvalue weighted by atomic mass is 10.1. The van der Waals surface area contributed by atoms with E-state index in [-0.39, 0.29) is 5.91 Å². The maximum atomic E-state index is 12.2. The van der Waals surface area contributed by atoms with Crippen molar-refractivity contribution in [3.8, 4) is 0 Å². The number of rotatable bonds is 2. The molecule has 0 aliphatic rings. The average molecular weight is 386 g/mol. The summed E-state index contributed by atoms with van der Waals surface area (Å²) in [4.78, 5) is 12.2. The Labute approximate surface area is 131 Å². The van der Waals surface area contributed by atoms with Crippen molar-refractivity contribution >= 4 is 45.8 Å². The van der Waals surface area contributed by atoms with Crippen LogP contribution in [0.3, 0.4) is 0 Å². The first-order valence-corrected chi connectivity index (χ1v) is 7.26. The first-order chi connectivity index (χ1) is 8.97. The van der Waals surface area contributed by atoms with Gasteiger partial charge in [-0.3, -0.25) is 4.79 Å². The zero-order chi connectivity index (χ0) is 14.0. The van der Waals surface area contributed by atoms with E-state index in [0.717, 1.165) is 14.7 Å². The average Bonchev–Trinajstić information content (AvgIpc) is 2.32. The second-order valence-electron chi connectivity index (χ2n) is 4.40. The summed E-state index contributed by atoms with van der Waals surface area (Å²) in [6, 6.07) is 11.3. The third-order valence-corrected chi connectivity index (χ3v) is 3.79. The van der Waals surface area contributed by atoms with E-state index >= 15 is 0 Å². The smallest absolute Gasteiger partial charge is 0.255 e. The maximum Gasteiger partial charge on any atom is 0.255 e. The van der Waals surface area contributed by atoms with Crippen LogP contribution in [0.2, 0.25) is 5.02 Å². The van der Waals surface area contributed by atoms with Crippen molar-refractivity contribution in [1.29, 1.82) is 0 Å². The van der Waals surface area contributed by atoms with E-state index in [1.54, 1.807) is 0 Å². The van der Waals surface area contributed by atoms with Crippen LogP contribution in [-0.4, -0.2) is 5.91 Å². The standard InChI is InChI=1S/C15H13ClINO/c1-9-3-5-12(10(2)7-9)15(19)18-14-6-4-11(17)8-13(14)16/h3-8H,1-2H3,(H,18,19). The molecule has 2 aromatic carbocycles. The summed E-state index contributed by atoms with van der Waals surface area (Å²) in [6.45, 7) is 3.93. The first-order valence-electron chi connectivity index (χ1n) is 5.81. The zero-order valence-electron chi connectivity index (χ0n) is 10.6. The molecule has 0 spiro atoms. The van der Waals surface area contributed by atoms with Crippen LogP contribution in [0, 0.1) is 17.4 Å². The van der Waals surface area contributed by atoms with E-state index in [9.17, 15) is 4.79 Å². The van der Waals surface area contributed by atoms with Gasteiger partial charge in [0.1, 0.15) is 0 Å². The first kappa shape index (κ1) is 14.3. The van der Waals surface area contributed by atoms with Crippen molar-refractivity contribution in [2.75, 3.05) is 5.32 Å². The SMILES string of the molecule is Cc1ccc(C(=O)Nc2ccc(I)cc2Cl)c(C)c1. The van der Waals surface area contributed by atoms with Crippen LogP contribution in [0.25, 0.3) is 0 Å². The van der Waals surface area contributed by atoms with Gasteiger partial charge in [0.2, 0.25) is 0 Å². The highest BCUT2D eigenvalue weighted by Crippen LogP contribution is 2.24. The van der Waals surface area contributed by atoms with E-state index in [1.165, 1.54) is 0 Å². The van der Waals surface area contributed by atoms with Gasteiger partial charge < -0.3 is 5.32 Å². The molecular weight excluding hydrogens is 373 g/mol. The predicted octanol–water partition coefficient (Wildman–Crippen LogP) is 4.81. The molecular formula is C15H13ClINO. The summed E-state index contributed by atoms with van der Waals surface area (Å²) < 4.78 is 1.03. The summed E-state index contributed by atoms with van der Waals surface area (Å²) in [6.07, 6.45) is 0. The minimum Gasteiger partial charge on any atom is -0.321 e. The molecule has 0 aromatic heterocycles. The number of hydrogen-bond donors (Lipinski definition) is 1. The van der Waals surface area contributed by atoms with Crippen LogP contribution in [0.15, 0.2) is 36.4 Å². The summed E-state index contributed by atoms with van der Waals surface area (Å²) in [5.41, 5.74) is 3.40. The van der Waals surface area contributed by atoms with Gasteiger partial charge in [0.05, 0.1) is 10.7 Å². The molecule has 2 nitrogen and oxygen atoms in total. The Bertz CT molecular complexity index is 640. The number of aryl methyl sites for hydroxylation is 2. The number of carbonyl (C=O) groups is 1. The van der Waals surface area contributed by atoms with Crippen LogP contribution < -0.4 is 5.32 Å². The summed E-state index contributed by atoms with van der Waals surface area (Å²) in [5.74, 6) is -0.138. The highest BCUT2D eigenvalue weighted by molar-refractivity contribution is 14.1. The fourth-order valence-corrected chi connectivity index (χ4v) is 2.75. The van der Waals surface area contributed by atoms with Crippen LogP contribution in [0.4, 0.5) is 5.69 Å².